The van der Waals surface area contributed by atoms with E-state index < -0.39 is 5.41 Å². The second-order valence-corrected chi connectivity index (χ2v) is 9.66. The van der Waals surface area contributed by atoms with Crippen molar-refractivity contribution in [2.45, 2.75) is 63.6 Å². The highest BCUT2D eigenvalue weighted by atomic mass is 79.9. The second-order valence-electron chi connectivity index (χ2n) is 8.49. The summed E-state index contributed by atoms with van der Waals surface area (Å²) in [6.45, 7) is 4.50. The van der Waals surface area contributed by atoms with Crippen LogP contribution < -0.4 is 0 Å². The van der Waals surface area contributed by atoms with Crippen molar-refractivity contribution in [1.82, 2.24) is 0 Å². The maximum Gasteiger partial charge on any atom is 0.222 e. The molecule has 22 heavy (non-hydrogen) atoms. The maximum absolute atomic E-state index is 12.4. The highest BCUT2D eigenvalue weighted by Gasteiger charge is 2.60. The molecule has 4 aliphatic rings. The molecule has 0 spiro atoms. The molecule has 4 aliphatic carbocycles. The Kier molecular flexibility index (Phi) is 3.28. The Balaban J connectivity index is 1.76. The molecule has 0 aromatic carbocycles. The van der Waals surface area contributed by atoms with Gasteiger partial charge in [0.25, 0.3) is 0 Å². The van der Waals surface area contributed by atoms with E-state index in [1.807, 2.05) is 6.92 Å². The zero-order valence-corrected chi connectivity index (χ0v) is 15.1. The quantitative estimate of drug-likeness (QED) is 0.469. The largest absolute Gasteiger partial charge is 0.290 e. The van der Waals surface area contributed by atoms with Gasteiger partial charge in [-0.3, -0.25) is 9.59 Å². The van der Waals surface area contributed by atoms with Crippen molar-refractivity contribution in [3.8, 4) is 0 Å². The van der Waals surface area contributed by atoms with Crippen LogP contribution in [0.15, 0.2) is 11.6 Å². The lowest BCUT2D eigenvalue weighted by Crippen LogP contribution is -2.54. The predicted molar refractivity (Wildman–Crippen MR) is 89.8 cm³/mol. The minimum atomic E-state index is -0.483. The van der Waals surface area contributed by atoms with Crippen LogP contribution in [-0.2, 0) is 9.59 Å². The van der Waals surface area contributed by atoms with E-state index in [0.29, 0.717) is 22.1 Å². The highest BCUT2D eigenvalue weighted by molar-refractivity contribution is 9.09. The first-order valence-corrected chi connectivity index (χ1v) is 9.74. The third-order valence-electron chi connectivity index (χ3n) is 7.58. The number of rotatable bonds is 0. The lowest BCUT2D eigenvalue weighted by Gasteiger charge is -2.59. The highest BCUT2D eigenvalue weighted by Crippen LogP contribution is 2.64. The maximum atomic E-state index is 12.4. The van der Waals surface area contributed by atoms with Crippen LogP contribution in [0.3, 0.4) is 0 Å². The summed E-state index contributed by atoms with van der Waals surface area (Å²) in [7, 11) is 0. The fourth-order valence-corrected chi connectivity index (χ4v) is 7.60. The Morgan fingerprint density at radius 2 is 1.86 bits per heavy atom. The Labute approximate surface area is 141 Å². The molecule has 1 unspecified atom stereocenters. The minimum Gasteiger partial charge on any atom is -0.290 e. The molecular weight excluding hydrogens is 340 g/mol. The number of Topliss-reactive ketones (excluding diaryl/α,β-unsaturated/α-hetero) is 1. The van der Waals surface area contributed by atoms with Gasteiger partial charge in [0, 0.05) is 4.83 Å². The average molecular weight is 365 g/mol. The first kappa shape index (κ1) is 15.1. The Morgan fingerprint density at radius 3 is 2.64 bits per heavy atom. The van der Waals surface area contributed by atoms with Crippen molar-refractivity contribution in [3.05, 3.63) is 11.6 Å². The minimum absolute atomic E-state index is 0.150. The van der Waals surface area contributed by atoms with Gasteiger partial charge in [-0.15, -0.1) is 0 Å². The van der Waals surface area contributed by atoms with Crippen LogP contribution in [0.4, 0.5) is 0 Å². The zero-order chi connectivity index (χ0) is 15.7. The predicted octanol–water partition coefficient (Wildman–Crippen LogP) is 4.46. The molecule has 3 heteroatoms. The number of carbonyl (C=O) groups is 2. The van der Waals surface area contributed by atoms with Crippen LogP contribution in [0, 0.1) is 28.6 Å². The van der Waals surface area contributed by atoms with Gasteiger partial charge < -0.3 is 0 Å². The Hall–Kier alpha value is -0.440. The average Bonchev–Trinajstić information content (AvgIpc) is 2.71. The summed E-state index contributed by atoms with van der Waals surface area (Å²) >= 11 is 3.98. The van der Waals surface area contributed by atoms with Crippen molar-refractivity contribution < 1.29 is 9.59 Å². The van der Waals surface area contributed by atoms with E-state index in [-0.39, 0.29) is 11.6 Å². The molecule has 0 aromatic rings. The van der Waals surface area contributed by atoms with Gasteiger partial charge in [-0.1, -0.05) is 35.7 Å². The molecule has 3 fully saturated rings. The summed E-state index contributed by atoms with van der Waals surface area (Å²) in [5, 5.41) is 0. The fourth-order valence-electron chi connectivity index (χ4n) is 6.33. The van der Waals surface area contributed by atoms with Crippen LogP contribution in [-0.4, -0.2) is 16.4 Å². The topological polar surface area (TPSA) is 34.1 Å². The fraction of sp³-hybridized carbons (Fsp3) is 0.789. The molecule has 120 valence electrons. The Morgan fingerprint density at radius 1 is 1.09 bits per heavy atom. The smallest absolute Gasteiger partial charge is 0.222 e. The monoisotopic (exact) mass is 364 g/mol. The summed E-state index contributed by atoms with van der Waals surface area (Å²) in [5.41, 5.74) is 1.07. The van der Waals surface area contributed by atoms with Gasteiger partial charge in [0.2, 0.25) is 11.6 Å². The van der Waals surface area contributed by atoms with E-state index in [2.05, 4.69) is 22.9 Å². The van der Waals surface area contributed by atoms with Crippen molar-refractivity contribution in [2.24, 2.45) is 28.6 Å². The third-order valence-corrected chi connectivity index (χ3v) is 8.59. The molecule has 0 amide bonds. The standard InChI is InChI=1S/C19H25BrO2/c1-18-7-4-3-5-13(18)15(20)9-11-12(18)6-8-19(2)14(11)10-16(21)17(19)22/h10-13,15H,3-9H2,1-2H3/t11-,12+,13?,15+,18-,19+/m1/s1. The molecule has 0 aliphatic heterocycles. The lowest BCUT2D eigenvalue weighted by atomic mass is 9.46. The molecule has 0 saturated heterocycles. The number of hydrogen-bond donors (Lipinski definition) is 0. The summed E-state index contributed by atoms with van der Waals surface area (Å²) in [4.78, 5) is 24.9. The number of hydrogen-bond acceptors (Lipinski definition) is 2. The van der Waals surface area contributed by atoms with Crippen LogP contribution >= 0.6 is 15.9 Å². The van der Waals surface area contributed by atoms with Crippen molar-refractivity contribution in [1.29, 1.82) is 0 Å². The number of alkyl halides is 1. The SMILES string of the molecule is C[C@]12CC[C@H]3[C@@H](C[C@H](Br)C4CCCC[C@@]43C)C1=CC(=O)C2=O. The van der Waals surface area contributed by atoms with Gasteiger partial charge in [0.15, 0.2) is 0 Å². The van der Waals surface area contributed by atoms with Crippen LogP contribution in [0.5, 0.6) is 0 Å². The number of allylic oxidation sites excluding steroid dienone is 2. The molecular formula is C19H25BrO2. The first-order chi connectivity index (χ1) is 10.4. The second kappa shape index (κ2) is 4.78. The molecule has 0 N–H and O–H groups in total. The van der Waals surface area contributed by atoms with E-state index in [9.17, 15) is 9.59 Å². The van der Waals surface area contributed by atoms with E-state index in [1.165, 1.54) is 31.3 Å². The Bertz CT molecular complexity index is 580. The number of halogens is 1. The van der Waals surface area contributed by atoms with Crippen LogP contribution in [0.1, 0.15) is 58.8 Å². The van der Waals surface area contributed by atoms with Gasteiger partial charge in [0.1, 0.15) is 0 Å². The zero-order valence-electron chi connectivity index (χ0n) is 13.5. The molecule has 0 heterocycles. The number of fused-ring (bicyclic) bond motifs is 5. The molecule has 4 rings (SSSR count). The molecule has 2 nitrogen and oxygen atoms in total. The first-order valence-electron chi connectivity index (χ1n) is 8.83. The lowest BCUT2D eigenvalue weighted by molar-refractivity contribution is -0.139. The number of ketones is 2. The number of carbonyl (C=O) groups excluding carboxylic acids is 2. The third kappa shape index (κ3) is 1.78. The van der Waals surface area contributed by atoms with Crippen LogP contribution in [0.2, 0.25) is 0 Å². The normalized spacial score (nSPS) is 51.0. The van der Waals surface area contributed by atoms with Crippen molar-refractivity contribution in [3.63, 3.8) is 0 Å². The van der Waals surface area contributed by atoms with E-state index in [1.54, 1.807) is 6.08 Å². The summed E-state index contributed by atoms with van der Waals surface area (Å²) < 4.78 is 0. The van der Waals surface area contributed by atoms with Gasteiger partial charge >= 0.3 is 0 Å². The summed E-state index contributed by atoms with van der Waals surface area (Å²) in [6.07, 6.45) is 10.2. The molecule has 3 saturated carbocycles. The van der Waals surface area contributed by atoms with Gasteiger partial charge in [-0.2, -0.15) is 0 Å². The molecule has 6 atom stereocenters. The van der Waals surface area contributed by atoms with Crippen molar-refractivity contribution >= 4 is 27.5 Å². The van der Waals surface area contributed by atoms with Gasteiger partial charge in [-0.05, 0) is 73.8 Å². The van der Waals surface area contributed by atoms with E-state index >= 15 is 0 Å². The van der Waals surface area contributed by atoms with E-state index in [0.717, 1.165) is 25.2 Å². The van der Waals surface area contributed by atoms with Crippen LogP contribution in [0.25, 0.3) is 0 Å². The molecule has 0 bridgehead atoms. The summed E-state index contributed by atoms with van der Waals surface area (Å²) in [6, 6.07) is 0. The van der Waals surface area contributed by atoms with E-state index in [4.69, 9.17) is 0 Å². The van der Waals surface area contributed by atoms with Gasteiger partial charge in [-0.25, -0.2) is 0 Å². The van der Waals surface area contributed by atoms with Gasteiger partial charge in [0.05, 0.1) is 5.41 Å². The molecule has 0 aromatic heterocycles. The van der Waals surface area contributed by atoms with Crippen molar-refractivity contribution in [2.75, 3.05) is 0 Å². The molecule has 0 radical (unpaired) electrons. The summed E-state index contributed by atoms with van der Waals surface area (Å²) in [5.74, 6) is 1.45.